The molecule has 0 saturated carbocycles. The average Bonchev–Trinajstić information content (AvgIpc) is 3.31. The van der Waals surface area contributed by atoms with Gasteiger partial charge >= 0.3 is 0 Å². The molecule has 0 fully saturated rings. The van der Waals surface area contributed by atoms with Crippen LogP contribution in [-0.2, 0) is 0 Å². The zero-order valence-corrected chi connectivity index (χ0v) is 16.8. The Hall–Kier alpha value is -3.10. The molecule has 0 aliphatic carbocycles. The second kappa shape index (κ2) is 6.81. The number of thiophene rings is 1. The normalized spacial score (nSPS) is 11.2. The van der Waals surface area contributed by atoms with Gasteiger partial charge in [-0.25, -0.2) is 0 Å². The minimum atomic E-state index is 1.21. The summed E-state index contributed by atoms with van der Waals surface area (Å²) >= 11 is 1.90. The van der Waals surface area contributed by atoms with Crippen molar-refractivity contribution in [3.05, 3.63) is 91.0 Å². The highest BCUT2D eigenvalue weighted by atomic mass is 32.1. The fraction of sp³-hybridized carbons (Fsp3) is 0.0769. The first kappa shape index (κ1) is 17.0. The van der Waals surface area contributed by atoms with Gasteiger partial charge in [-0.3, -0.25) is 0 Å². The Kier molecular flexibility index (Phi) is 4.14. The van der Waals surface area contributed by atoms with Crippen LogP contribution in [0, 0.1) is 0 Å². The van der Waals surface area contributed by atoms with Gasteiger partial charge in [-0.2, -0.15) is 0 Å². The Morgan fingerprint density at radius 1 is 0.571 bits per heavy atom. The van der Waals surface area contributed by atoms with Gasteiger partial charge in [0.15, 0.2) is 0 Å². The maximum absolute atomic E-state index is 2.38. The number of hydrogen-bond acceptors (Lipinski definition) is 1. The molecule has 0 aliphatic heterocycles. The van der Waals surface area contributed by atoms with E-state index in [-0.39, 0.29) is 0 Å². The van der Waals surface area contributed by atoms with E-state index in [4.69, 9.17) is 0 Å². The van der Waals surface area contributed by atoms with Gasteiger partial charge in [-0.15, -0.1) is 11.3 Å². The standard InChI is InChI=1S/C24H15NS.C2H6/c1-2-8-16(9-3-1)25-20-12-6-4-11-19(20)23-21(25)15-14-18-17-10-5-7-13-22(17)26-24(18)23;1-2/h1-15H;1-2H3. The van der Waals surface area contributed by atoms with Gasteiger partial charge in [0.05, 0.1) is 11.0 Å². The molecule has 1 nitrogen and oxygen atoms in total. The molecule has 0 amide bonds. The fourth-order valence-electron chi connectivity index (χ4n) is 4.09. The molecule has 6 rings (SSSR count). The molecule has 4 aromatic carbocycles. The SMILES string of the molecule is CC.c1ccc(-n2c3ccccc3c3c4sc5ccccc5c4ccc32)cc1. The van der Waals surface area contributed by atoms with Crippen molar-refractivity contribution in [3.8, 4) is 5.69 Å². The monoisotopic (exact) mass is 379 g/mol. The van der Waals surface area contributed by atoms with Crippen LogP contribution in [0.25, 0.3) is 47.7 Å². The largest absolute Gasteiger partial charge is 0.309 e. The molecule has 2 heterocycles. The van der Waals surface area contributed by atoms with Crippen LogP contribution in [0.5, 0.6) is 0 Å². The summed E-state index contributed by atoms with van der Waals surface area (Å²) in [5, 5.41) is 5.40. The Morgan fingerprint density at radius 3 is 2.07 bits per heavy atom. The molecule has 2 aromatic heterocycles. The number of aromatic nitrogens is 1. The van der Waals surface area contributed by atoms with Crippen molar-refractivity contribution in [2.24, 2.45) is 0 Å². The van der Waals surface area contributed by atoms with Gasteiger partial charge in [0, 0.05) is 36.6 Å². The first-order valence-corrected chi connectivity index (χ1v) is 10.6. The van der Waals surface area contributed by atoms with Crippen LogP contribution in [0.15, 0.2) is 91.0 Å². The van der Waals surface area contributed by atoms with Crippen molar-refractivity contribution in [2.45, 2.75) is 13.8 Å². The first-order valence-electron chi connectivity index (χ1n) is 9.81. The van der Waals surface area contributed by atoms with Gasteiger partial charge in [0.1, 0.15) is 0 Å². The minimum absolute atomic E-state index is 1.21. The van der Waals surface area contributed by atoms with E-state index in [1.54, 1.807) is 0 Å². The molecule has 0 unspecified atom stereocenters. The van der Waals surface area contributed by atoms with Crippen LogP contribution in [0.4, 0.5) is 0 Å². The predicted octanol–water partition coefficient (Wildman–Crippen LogP) is 8.18. The molecule has 2 heteroatoms. The van der Waals surface area contributed by atoms with Crippen molar-refractivity contribution >= 4 is 53.3 Å². The summed E-state index contributed by atoms with van der Waals surface area (Å²) in [6.07, 6.45) is 0. The fourth-order valence-corrected chi connectivity index (χ4v) is 5.35. The summed E-state index contributed by atoms with van der Waals surface area (Å²) in [6.45, 7) is 4.00. The molecule has 0 bridgehead atoms. The number of para-hydroxylation sites is 2. The van der Waals surface area contributed by atoms with E-state index < -0.39 is 0 Å². The number of hydrogen-bond donors (Lipinski definition) is 0. The lowest BCUT2D eigenvalue weighted by molar-refractivity contribution is 1.18. The summed E-state index contributed by atoms with van der Waals surface area (Å²) in [7, 11) is 0. The quantitative estimate of drug-likeness (QED) is 0.271. The highest BCUT2D eigenvalue weighted by Gasteiger charge is 2.16. The third-order valence-corrected chi connectivity index (χ3v) is 6.40. The van der Waals surface area contributed by atoms with Crippen molar-refractivity contribution in [1.29, 1.82) is 0 Å². The average molecular weight is 380 g/mol. The zero-order chi connectivity index (χ0) is 19.1. The summed E-state index contributed by atoms with van der Waals surface area (Å²) in [5.74, 6) is 0. The summed E-state index contributed by atoms with van der Waals surface area (Å²) in [4.78, 5) is 0. The predicted molar refractivity (Wildman–Crippen MR) is 125 cm³/mol. The number of benzene rings is 4. The minimum Gasteiger partial charge on any atom is -0.309 e. The Morgan fingerprint density at radius 2 is 1.25 bits per heavy atom. The van der Waals surface area contributed by atoms with Crippen LogP contribution in [0.1, 0.15) is 13.8 Å². The van der Waals surface area contributed by atoms with Crippen LogP contribution >= 0.6 is 11.3 Å². The van der Waals surface area contributed by atoms with Gasteiger partial charge in [-0.05, 0) is 30.3 Å². The van der Waals surface area contributed by atoms with Gasteiger partial charge < -0.3 is 4.57 Å². The van der Waals surface area contributed by atoms with E-state index in [2.05, 4.69) is 95.6 Å². The van der Waals surface area contributed by atoms with E-state index in [1.165, 1.54) is 47.7 Å². The van der Waals surface area contributed by atoms with Gasteiger partial charge in [-0.1, -0.05) is 74.5 Å². The maximum atomic E-state index is 2.38. The highest BCUT2D eigenvalue weighted by Crippen LogP contribution is 2.42. The summed E-state index contributed by atoms with van der Waals surface area (Å²) < 4.78 is 5.12. The first-order chi connectivity index (χ1) is 13.9. The molecule has 0 saturated heterocycles. The third-order valence-electron chi connectivity index (χ3n) is 5.19. The molecule has 0 atom stereocenters. The van der Waals surface area contributed by atoms with E-state index in [9.17, 15) is 0 Å². The second-order valence-corrected chi connectivity index (χ2v) is 7.67. The topological polar surface area (TPSA) is 4.93 Å². The summed E-state index contributed by atoms with van der Waals surface area (Å²) in [5.41, 5.74) is 3.74. The van der Waals surface area contributed by atoms with Gasteiger partial charge in [0.25, 0.3) is 0 Å². The zero-order valence-electron chi connectivity index (χ0n) is 16.0. The van der Waals surface area contributed by atoms with Crippen molar-refractivity contribution in [1.82, 2.24) is 4.57 Å². The second-order valence-electron chi connectivity index (χ2n) is 6.62. The smallest absolute Gasteiger partial charge is 0.0555 e. The molecule has 0 aliphatic rings. The lowest BCUT2D eigenvalue weighted by atomic mass is 10.1. The molecule has 6 aromatic rings. The van der Waals surface area contributed by atoms with E-state index >= 15 is 0 Å². The van der Waals surface area contributed by atoms with Crippen molar-refractivity contribution in [2.75, 3.05) is 0 Å². The van der Waals surface area contributed by atoms with Crippen molar-refractivity contribution in [3.63, 3.8) is 0 Å². The Balaban J connectivity index is 0.000000829. The van der Waals surface area contributed by atoms with Crippen LogP contribution in [0.3, 0.4) is 0 Å². The Labute approximate surface area is 168 Å². The highest BCUT2D eigenvalue weighted by molar-refractivity contribution is 7.26. The van der Waals surface area contributed by atoms with Gasteiger partial charge in [0.2, 0.25) is 0 Å². The molecule has 28 heavy (non-hydrogen) atoms. The number of nitrogens with zero attached hydrogens (tertiary/aromatic N) is 1. The van der Waals surface area contributed by atoms with E-state index in [0.717, 1.165) is 0 Å². The molecule has 0 spiro atoms. The van der Waals surface area contributed by atoms with Crippen LogP contribution in [0.2, 0.25) is 0 Å². The van der Waals surface area contributed by atoms with Crippen molar-refractivity contribution < 1.29 is 0 Å². The van der Waals surface area contributed by atoms with E-state index in [0.29, 0.717) is 0 Å². The molecule has 0 radical (unpaired) electrons. The number of rotatable bonds is 1. The van der Waals surface area contributed by atoms with Crippen LogP contribution in [-0.4, -0.2) is 4.57 Å². The lowest BCUT2D eigenvalue weighted by Gasteiger charge is -2.07. The summed E-state index contributed by atoms with van der Waals surface area (Å²) in [6, 6.07) is 32.7. The van der Waals surface area contributed by atoms with E-state index in [1.807, 2.05) is 25.2 Å². The third kappa shape index (κ3) is 2.38. The maximum Gasteiger partial charge on any atom is 0.0555 e. The Bertz CT molecular complexity index is 1420. The van der Waals surface area contributed by atoms with Crippen LogP contribution < -0.4 is 0 Å². The molecule has 0 N–H and O–H groups in total. The lowest BCUT2D eigenvalue weighted by Crippen LogP contribution is -1.92. The molecular formula is C26H21NS. The molecule has 136 valence electrons. The number of fused-ring (bicyclic) bond motifs is 7. The molecular weight excluding hydrogens is 358 g/mol.